The highest BCUT2D eigenvalue weighted by Gasteiger charge is 2.42. The number of carbonyl (C=O) groups excluding carboxylic acids is 2. The third-order valence-electron chi connectivity index (χ3n) is 3.70. The van der Waals surface area contributed by atoms with Gasteiger partial charge in [0.15, 0.2) is 0 Å². The summed E-state index contributed by atoms with van der Waals surface area (Å²) in [5, 5.41) is 6.66. The van der Waals surface area contributed by atoms with Crippen molar-refractivity contribution in [3.63, 3.8) is 0 Å². The number of hydrogen-bond acceptors (Lipinski definition) is 3. The van der Waals surface area contributed by atoms with E-state index in [1.807, 2.05) is 23.8 Å². The largest absolute Gasteiger partial charge is 0.471 e. The van der Waals surface area contributed by atoms with Crippen molar-refractivity contribution in [1.29, 1.82) is 0 Å². The van der Waals surface area contributed by atoms with Gasteiger partial charge in [-0.05, 0) is 35.7 Å². The Kier molecular flexibility index (Phi) is 5.51. The van der Waals surface area contributed by atoms with Gasteiger partial charge in [0.1, 0.15) is 0 Å². The van der Waals surface area contributed by atoms with Crippen LogP contribution in [0.2, 0.25) is 0 Å². The molecule has 9 heteroatoms. The lowest BCUT2D eigenvalue weighted by molar-refractivity contribution is -0.185. The van der Waals surface area contributed by atoms with E-state index in [1.165, 1.54) is 16.2 Å². The van der Waals surface area contributed by atoms with E-state index in [0.29, 0.717) is 13.0 Å². The normalized spacial score (nSPS) is 17.6. The molecule has 1 fully saturated rings. The van der Waals surface area contributed by atoms with Crippen LogP contribution in [-0.4, -0.2) is 54.1 Å². The molecular formula is C14H18F3N3O2S. The monoisotopic (exact) mass is 349 g/mol. The molecule has 1 aliphatic heterocycles. The summed E-state index contributed by atoms with van der Waals surface area (Å²) in [6.45, 7) is 2.14. The van der Waals surface area contributed by atoms with E-state index in [-0.39, 0.29) is 31.7 Å². The zero-order chi connectivity index (χ0) is 17.0. The van der Waals surface area contributed by atoms with E-state index < -0.39 is 12.1 Å². The molecule has 128 valence electrons. The quantitative estimate of drug-likeness (QED) is 0.892. The fourth-order valence-electron chi connectivity index (χ4n) is 2.38. The van der Waals surface area contributed by atoms with Crippen molar-refractivity contribution in [3.8, 4) is 0 Å². The number of alkyl halides is 3. The molecule has 1 saturated heterocycles. The highest BCUT2D eigenvalue weighted by atomic mass is 32.1. The van der Waals surface area contributed by atoms with E-state index in [9.17, 15) is 22.8 Å². The number of hydrogen-bond donors (Lipinski definition) is 1. The second-order valence-electron chi connectivity index (χ2n) is 5.36. The molecular weight excluding hydrogens is 331 g/mol. The lowest BCUT2D eigenvalue weighted by Crippen LogP contribution is -2.45. The van der Waals surface area contributed by atoms with Crippen LogP contribution in [0.25, 0.3) is 0 Å². The fourth-order valence-corrected chi connectivity index (χ4v) is 3.14. The molecule has 0 radical (unpaired) electrons. The predicted octanol–water partition coefficient (Wildman–Crippen LogP) is 2.62. The van der Waals surface area contributed by atoms with E-state index >= 15 is 0 Å². The number of urea groups is 1. The second-order valence-corrected chi connectivity index (χ2v) is 6.14. The van der Waals surface area contributed by atoms with Gasteiger partial charge in [-0.1, -0.05) is 0 Å². The van der Waals surface area contributed by atoms with Crippen LogP contribution in [0.1, 0.15) is 24.9 Å². The molecule has 1 atom stereocenters. The average molecular weight is 349 g/mol. The Morgan fingerprint density at radius 3 is 2.48 bits per heavy atom. The van der Waals surface area contributed by atoms with E-state index in [4.69, 9.17) is 0 Å². The Morgan fingerprint density at radius 2 is 1.87 bits per heavy atom. The number of halogens is 3. The fraction of sp³-hybridized carbons (Fsp3) is 0.571. The molecule has 2 rings (SSSR count). The number of carbonyl (C=O) groups is 2. The minimum atomic E-state index is -4.87. The van der Waals surface area contributed by atoms with Gasteiger partial charge in [0, 0.05) is 26.2 Å². The van der Waals surface area contributed by atoms with Gasteiger partial charge in [-0.3, -0.25) is 4.79 Å². The highest BCUT2D eigenvalue weighted by Crippen LogP contribution is 2.20. The van der Waals surface area contributed by atoms with Gasteiger partial charge >= 0.3 is 18.1 Å². The standard InChI is InChI=1S/C14H18F3N3O2S/c1-10(11-3-8-23-9-11)18-13(22)20-5-2-4-19(6-7-20)12(21)14(15,16)17/h3,8-10H,2,4-7H2,1H3,(H,18,22). The maximum absolute atomic E-state index is 12.5. The van der Waals surface area contributed by atoms with E-state index in [0.717, 1.165) is 10.5 Å². The van der Waals surface area contributed by atoms with Crippen molar-refractivity contribution in [2.75, 3.05) is 26.2 Å². The summed E-state index contributed by atoms with van der Waals surface area (Å²) < 4.78 is 37.4. The molecule has 1 N–H and O–H groups in total. The molecule has 0 bridgehead atoms. The lowest BCUT2D eigenvalue weighted by Gasteiger charge is -2.24. The third kappa shape index (κ3) is 4.60. The van der Waals surface area contributed by atoms with Crippen molar-refractivity contribution in [2.24, 2.45) is 0 Å². The van der Waals surface area contributed by atoms with Gasteiger partial charge in [0.25, 0.3) is 0 Å². The molecule has 0 aromatic carbocycles. The number of nitrogens with one attached hydrogen (secondary N) is 1. The first-order valence-corrected chi connectivity index (χ1v) is 8.17. The van der Waals surface area contributed by atoms with Crippen LogP contribution in [0.4, 0.5) is 18.0 Å². The van der Waals surface area contributed by atoms with Crippen molar-refractivity contribution in [3.05, 3.63) is 22.4 Å². The number of nitrogens with zero attached hydrogens (tertiary/aromatic N) is 2. The van der Waals surface area contributed by atoms with Crippen molar-refractivity contribution >= 4 is 23.3 Å². The van der Waals surface area contributed by atoms with E-state index in [2.05, 4.69) is 5.32 Å². The second kappa shape index (κ2) is 7.20. The summed E-state index contributed by atoms with van der Waals surface area (Å²) in [6, 6.07) is 1.40. The van der Waals surface area contributed by atoms with Crippen molar-refractivity contribution in [1.82, 2.24) is 15.1 Å². The van der Waals surface area contributed by atoms with Crippen LogP contribution in [0.3, 0.4) is 0 Å². The zero-order valence-corrected chi connectivity index (χ0v) is 13.4. The Balaban J connectivity index is 1.90. The van der Waals surface area contributed by atoms with Crippen LogP contribution < -0.4 is 5.32 Å². The first-order valence-electron chi connectivity index (χ1n) is 7.22. The van der Waals surface area contributed by atoms with Crippen molar-refractivity contribution in [2.45, 2.75) is 25.6 Å². The molecule has 3 amide bonds. The first kappa shape index (κ1) is 17.6. The number of amides is 3. The molecule has 0 spiro atoms. The molecule has 1 aliphatic rings. The van der Waals surface area contributed by atoms with Crippen LogP contribution >= 0.6 is 11.3 Å². The van der Waals surface area contributed by atoms with Crippen molar-refractivity contribution < 1.29 is 22.8 Å². The summed E-state index contributed by atoms with van der Waals surface area (Å²) in [4.78, 5) is 25.7. The maximum atomic E-state index is 12.5. The predicted molar refractivity (Wildman–Crippen MR) is 80.1 cm³/mol. The molecule has 1 unspecified atom stereocenters. The minimum Gasteiger partial charge on any atom is -0.333 e. The summed E-state index contributed by atoms with van der Waals surface area (Å²) in [5.41, 5.74) is 0.979. The van der Waals surface area contributed by atoms with Crippen LogP contribution in [0.15, 0.2) is 16.8 Å². The molecule has 0 saturated carbocycles. The Labute approximate surface area is 136 Å². The van der Waals surface area contributed by atoms with E-state index in [1.54, 1.807) is 0 Å². The maximum Gasteiger partial charge on any atom is 0.471 e. The van der Waals surface area contributed by atoms with Gasteiger partial charge in [0.2, 0.25) is 0 Å². The topological polar surface area (TPSA) is 52.7 Å². The minimum absolute atomic E-state index is 0.00219. The lowest BCUT2D eigenvalue weighted by atomic mass is 10.2. The molecule has 23 heavy (non-hydrogen) atoms. The van der Waals surface area contributed by atoms with Gasteiger partial charge < -0.3 is 15.1 Å². The van der Waals surface area contributed by atoms with Gasteiger partial charge in [-0.2, -0.15) is 24.5 Å². The summed E-state index contributed by atoms with van der Waals surface area (Å²) >= 11 is 1.52. The van der Waals surface area contributed by atoms with Crippen LogP contribution in [0, 0.1) is 0 Å². The average Bonchev–Trinajstić information content (AvgIpc) is 2.90. The van der Waals surface area contributed by atoms with Gasteiger partial charge in [-0.25, -0.2) is 4.79 Å². The highest BCUT2D eigenvalue weighted by molar-refractivity contribution is 7.07. The first-order chi connectivity index (χ1) is 10.8. The van der Waals surface area contributed by atoms with Gasteiger partial charge in [0.05, 0.1) is 6.04 Å². The SMILES string of the molecule is CC(NC(=O)N1CCCN(C(=O)C(F)(F)F)CC1)c1ccsc1. The molecule has 1 aromatic heterocycles. The number of rotatable bonds is 2. The summed E-state index contributed by atoms with van der Waals surface area (Å²) in [7, 11) is 0. The molecule has 2 heterocycles. The Morgan fingerprint density at radius 1 is 1.22 bits per heavy atom. The van der Waals surface area contributed by atoms with Crippen LogP contribution in [-0.2, 0) is 4.79 Å². The van der Waals surface area contributed by atoms with Crippen LogP contribution in [0.5, 0.6) is 0 Å². The molecule has 1 aromatic rings. The third-order valence-corrected chi connectivity index (χ3v) is 4.40. The van der Waals surface area contributed by atoms with Gasteiger partial charge in [-0.15, -0.1) is 0 Å². The zero-order valence-electron chi connectivity index (χ0n) is 12.6. The Hall–Kier alpha value is -1.77. The molecule has 5 nitrogen and oxygen atoms in total. The molecule has 0 aliphatic carbocycles. The number of thiophene rings is 1. The summed E-state index contributed by atoms with van der Waals surface area (Å²) in [5.74, 6) is -1.84. The Bertz CT molecular complexity index is 548. The smallest absolute Gasteiger partial charge is 0.333 e. The summed E-state index contributed by atoms with van der Waals surface area (Å²) in [6.07, 6.45) is -4.55.